The molecule has 2 amide bonds. The van der Waals surface area contributed by atoms with Gasteiger partial charge in [-0.2, -0.15) is 0 Å². The van der Waals surface area contributed by atoms with Gasteiger partial charge in [0.1, 0.15) is 5.83 Å². The number of halogens is 2. The van der Waals surface area contributed by atoms with Crippen LogP contribution in [0.15, 0.2) is 41.9 Å². The lowest BCUT2D eigenvalue weighted by atomic mass is 10.2. The van der Waals surface area contributed by atoms with Gasteiger partial charge in [-0.15, -0.1) is 0 Å². The minimum atomic E-state index is -0.471. The van der Waals surface area contributed by atoms with Crippen molar-refractivity contribution < 1.29 is 18.3 Å². The summed E-state index contributed by atoms with van der Waals surface area (Å²) < 4.78 is 33.1. The standard InChI is InChI=1S/C20H27F2N3O2/c1-4-7-17(16(21)5-2)24-10-12-25(13-11-24)20(26)23-14-15-8-6-9-18(27-3)19(15)22/h5-9H,4,10-14H2,1-3H3,(H,23,26)/b16-5+,17-7+. The summed E-state index contributed by atoms with van der Waals surface area (Å²) in [5, 5.41) is 2.74. The first-order chi connectivity index (χ1) is 13.0. The van der Waals surface area contributed by atoms with E-state index in [1.807, 2.05) is 17.9 Å². The Morgan fingerprint density at radius 2 is 1.93 bits per heavy atom. The number of rotatable bonds is 6. The number of ether oxygens (including phenoxy) is 1. The van der Waals surface area contributed by atoms with Gasteiger partial charge in [0, 0.05) is 38.3 Å². The number of nitrogens with zero attached hydrogens (tertiary/aromatic N) is 2. The molecular formula is C20H27F2N3O2. The molecule has 2 rings (SSSR count). The first-order valence-corrected chi connectivity index (χ1v) is 9.13. The zero-order valence-corrected chi connectivity index (χ0v) is 16.1. The van der Waals surface area contributed by atoms with Crippen LogP contribution in [0.25, 0.3) is 0 Å². The molecule has 0 aromatic heterocycles. The maximum absolute atomic E-state index is 14.1. The number of carbonyl (C=O) groups excluding carboxylic acids is 1. The van der Waals surface area contributed by atoms with Crippen LogP contribution in [0.2, 0.25) is 0 Å². The van der Waals surface area contributed by atoms with Gasteiger partial charge in [0.15, 0.2) is 11.6 Å². The second kappa shape index (κ2) is 9.94. The average Bonchev–Trinajstić information content (AvgIpc) is 2.70. The molecule has 1 aromatic carbocycles. The Bertz CT molecular complexity index is 711. The zero-order chi connectivity index (χ0) is 19.8. The summed E-state index contributed by atoms with van der Waals surface area (Å²) >= 11 is 0. The third kappa shape index (κ3) is 5.21. The second-order valence-corrected chi connectivity index (χ2v) is 6.20. The van der Waals surface area contributed by atoms with Crippen LogP contribution in [0.1, 0.15) is 25.8 Å². The van der Waals surface area contributed by atoms with Crippen LogP contribution in [0, 0.1) is 5.82 Å². The Labute approximate surface area is 159 Å². The van der Waals surface area contributed by atoms with E-state index in [2.05, 4.69) is 5.32 Å². The molecule has 1 heterocycles. The molecule has 0 aliphatic carbocycles. The van der Waals surface area contributed by atoms with Crippen molar-refractivity contribution >= 4 is 6.03 Å². The van der Waals surface area contributed by atoms with Crippen LogP contribution >= 0.6 is 0 Å². The number of carbonyl (C=O) groups is 1. The van der Waals surface area contributed by atoms with E-state index in [-0.39, 0.29) is 24.2 Å². The van der Waals surface area contributed by atoms with Crippen molar-refractivity contribution in [1.29, 1.82) is 0 Å². The van der Waals surface area contributed by atoms with Gasteiger partial charge >= 0.3 is 6.03 Å². The molecule has 0 atom stereocenters. The minimum Gasteiger partial charge on any atom is -0.494 e. The topological polar surface area (TPSA) is 44.8 Å². The molecule has 1 aliphatic heterocycles. The predicted octanol–water partition coefficient (Wildman–Crippen LogP) is 3.83. The third-order valence-corrected chi connectivity index (χ3v) is 4.50. The van der Waals surface area contributed by atoms with E-state index in [1.54, 1.807) is 24.0 Å². The Hall–Kier alpha value is -2.57. The first kappa shape index (κ1) is 20.7. The van der Waals surface area contributed by atoms with Crippen LogP contribution in [0.4, 0.5) is 13.6 Å². The normalized spacial score (nSPS) is 15.7. The smallest absolute Gasteiger partial charge is 0.317 e. The number of urea groups is 1. The fourth-order valence-corrected chi connectivity index (χ4v) is 3.00. The van der Waals surface area contributed by atoms with Gasteiger partial charge in [-0.05, 0) is 25.5 Å². The molecule has 1 aromatic rings. The number of nitrogens with one attached hydrogen (secondary N) is 1. The van der Waals surface area contributed by atoms with E-state index in [0.29, 0.717) is 37.4 Å². The fourth-order valence-electron chi connectivity index (χ4n) is 3.00. The van der Waals surface area contributed by atoms with E-state index in [0.717, 1.165) is 6.42 Å². The summed E-state index contributed by atoms with van der Waals surface area (Å²) in [6, 6.07) is 4.56. The molecule has 7 heteroatoms. The molecule has 0 saturated carbocycles. The molecule has 0 unspecified atom stereocenters. The van der Waals surface area contributed by atoms with E-state index in [1.165, 1.54) is 19.3 Å². The SMILES string of the molecule is C/C=C(F)\C(=C/CC)N1CCN(C(=O)NCc2cccc(OC)c2F)CC1. The number of methoxy groups -OCH3 is 1. The molecule has 27 heavy (non-hydrogen) atoms. The largest absolute Gasteiger partial charge is 0.494 e. The van der Waals surface area contributed by atoms with Crippen molar-refractivity contribution in [3.05, 3.63) is 53.3 Å². The van der Waals surface area contributed by atoms with E-state index in [9.17, 15) is 13.6 Å². The highest BCUT2D eigenvalue weighted by Crippen LogP contribution is 2.21. The Morgan fingerprint density at radius 1 is 1.26 bits per heavy atom. The van der Waals surface area contributed by atoms with Gasteiger partial charge in [0.05, 0.1) is 12.8 Å². The van der Waals surface area contributed by atoms with Crippen LogP contribution in [-0.4, -0.2) is 49.1 Å². The molecule has 148 valence electrons. The highest BCUT2D eigenvalue weighted by Gasteiger charge is 2.23. The number of amides is 2. The lowest BCUT2D eigenvalue weighted by Crippen LogP contribution is -2.51. The van der Waals surface area contributed by atoms with Crippen LogP contribution < -0.4 is 10.1 Å². The van der Waals surface area contributed by atoms with Crippen molar-refractivity contribution in [3.8, 4) is 5.75 Å². The number of allylic oxidation sites excluding steroid dienone is 3. The maximum Gasteiger partial charge on any atom is 0.317 e. The molecule has 1 saturated heterocycles. The Morgan fingerprint density at radius 3 is 2.52 bits per heavy atom. The van der Waals surface area contributed by atoms with Crippen LogP contribution in [-0.2, 0) is 6.54 Å². The highest BCUT2D eigenvalue weighted by atomic mass is 19.1. The number of hydrogen-bond donors (Lipinski definition) is 1. The monoisotopic (exact) mass is 379 g/mol. The lowest BCUT2D eigenvalue weighted by molar-refractivity contribution is 0.156. The average molecular weight is 379 g/mol. The molecule has 0 spiro atoms. The molecular weight excluding hydrogens is 352 g/mol. The minimum absolute atomic E-state index is 0.0796. The summed E-state index contributed by atoms with van der Waals surface area (Å²) in [6.07, 6.45) is 4.04. The lowest BCUT2D eigenvalue weighted by Gasteiger charge is -2.37. The Kier molecular flexibility index (Phi) is 7.64. The van der Waals surface area contributed by atoms with Crippen molar-refractivity contribution in [3.63, 3.8) is 0 Å². The first-order valence-electron chi connectivity index (χ1n) is 9.13. The van der Waals surface area contributed by atoms with Crippen molar-refractivity contribution in [2.45, 2.75) is 26.8 Å². The predicted molar refractivity (Wildman–Crippen MR) is 102 cm³/mol. The van der Waals surface area contributed by atoms with Gasteiger partial charge in [0.2, 0.25) is 0 Å². The fraction of sp³-hybridized carbons (Fsp3) is 0.450. The van der Waals surface area contributed by atoms with Crippen molar-refractivity contribution in [1.82, 2.24) is 15.1 Å². The quantitative estimate of drug-likeness (QED) is 0.764. The summed E-state index contributed by atoms with van der Waals surface area (Å²) in [5.41, 5.74) is 0.947. The summed E-state index contributed by atoms with van der Waals surface area (Å²) in [7, 11) is 1.40. The third-order valence-electron chi connectivity index (χ3n) is 4.50. The molecule has 1 fully saturated rings. The summed E-state index contributed by atoms with van der Waals surface area (Å²) in [6.45, 7) is 5.76. The maximum atomic E-state index is 14.1. The second-order valence-electron chi connectivity index (χ2n) is 6.20. The number of benzene rings is 1. The van der Waals surface area contributed by atoms with Crippen molar-refractivity contribution in [2.75, 3.05) is 33.3 Å². The molecule has 0 bridgehead atoms. The highest BCUT2D eigenvalue weighted by molar-refractivity contribution is 5.74. The van der Waals surface area contributed by atoms with Gasteiger partial charge < -0.3 is 19.9 Å². The van der Waals surface area contributed by atoms with Crippen LogP contribution in [0.5, 0.6) is 5.75 Å². The number of hydrogen-bond acceptors (Lipinski definition) is 3. The molecule has 5 nitrogen and oxygen atoms in total. The molecule has 0 radical (unpaired) electrons. The van der Waals surface area contributed by atoms with Crippen molar-refractivity contribution in [2.24, 2.45) is 0 Å². The van der Waals surface area contributed by atoms with Gasteiger partial charge in [-0.3, -0.25) is 0 Å². The molecule has 1 N–H and O–H groups in total. The van der Waals surface area contributed by atoms with E-state index < -0.39 is 5.82 Å². The van der Waals surface area contributed by atoms with E-state index in [4.69, 9.17) is 4.74 Å². The van der Waals surface area contributed by atoms with Gasteiger partial charge in [-0.1, -0.05) is 25.1 Å². The summed E-state index contributed by atoms with van der Waals surface area (Å²) in [5.74, 6) is -0.568. The van der Waals surface area contributed by atoms with Gasteiger partial charge in [-0.25, -0.2) is 13.6 Å². The summed E-state index contributed by atoms with van der Waals surface area (Å²) in [4.78, 5) is 16.0. The zero-order valence-electron chi connectivity index (χ0n) is 16.1. The van der Waals surface area contributed by atoms with Gasteiger partial charge in [0.25, 0.3) is 0 Å². The van der Waals surface area contributed by atoms with E-state index >= 15 is 0 Å². The van der Waals surface area contributed by atoms with Crippen LogP contribution in [0.3, 0.4) is 0 Å². The molecule has 1 aliphatic rings. The Balaban J connectivity index is 1.91. The number of piperazine rings is 1.